The van der Waals surface area contributed by atoms with Crippen molar-refractivity contribution in [1.82, 2.24) is 0 Å². The van der Waals surface area contributed by atoms with Crippen molar-refractivity contribution in [2.75, 3.05) is 7.11 Å². The van der Waals surface area contributed by atoms with E-state index in [4.69, 9.17) is 0 Å². The van der Waals surface area contributed by atoms with Gasteiger partial charge < -0.3 is 9.84 Å². The average molecular weight is 264 g/mol. The zero-order valence-corrected chi connectivity index (χ0v) is 12.5. The third kappa shape index (κ3) is 4.06. The molecular weight excluding hydrogens is 240 g/mol. The maximum atomic E-state index is 11.1. The van der Waals surface area contributed by atoms with E-state index in [1.165, 1.54) is 13.2 Å². The number of allylic oxidation sites excluding steroid dienone is 4. The smallest absolute Gasteiger partial charge is 0.330 e. The van der Waals surface area contributed by atoms with E-state index in [0.29, 0.717) is 0 Å². The lowest BCUT2D eigenvalue weighted by Gasteiger charge is -2.35. The molecule has 0 saturated carbocycles. The Morgan fingerprint density at radius 2 is 2.11 bits per heavy atom. The highest BCUT2D eigenvalue weighted by molar-refractivity contribution is 5.83. The van der Waals surface area contributed by atoms with E-state index in [2.05, 4.69) is 18.6 Å². The van der Waals surface area contributed by atoms with Crippen LogP contribution in [0.1, 0.15) is 40.5 Å². The summed E-state index contributed by atoms with van der Waals surface area (Å²) in [5.41, 5.74) is 3.08. The molecule has 0 aromatic rings. The first-order chi connectivity index (χ1) is 8.77. The van der Waals surface area contributed by atoms with Gasteiger partial charge in [0.2, 0.25) is 0 Å². The second-order valence-corrected chi connectivity index (χ2v) is 5.78. The molecule has 0 aromatic carbocycles. The summed E-state index contributed by atoms with van der Waals surface area (Å²) in [7, 11) is 1.36. The molecule has 0 fully saturated rings. The molecule has 3 heteroatoms. The summed E-state index contributed by atoms with van der Waals surface area (Å²) in [4.78, 5) is 11.1. The predicted molar refractivity (Wildman–Crippen MR) is 76.6 cm³/mol. The molecule has 1 N–H and O–H groups in total. The van der Waals surface area contributed by atoms with Crippen LogP contribution in [0, 0.1) is 5.41 Å². The largest absolute Gasteiger partial charge is 0.466 e. The molecule has 1 rings (SSSR count). The Labute approximate surface area is 115 Å². The average Bonchev–Trinajstić information content (AvgIpc) is 2.34. The Balaban J connectivity index is 2.98. The lowest BCUT2D eigenvalue weighted by molar-refractivity contribution is -0.134. The molecule has 1 aliphatic rings. The fourth-order valence-corrected chi connectivity index (χ4v) is 2.43. The summed E-state index contributed by atoms with van der Waals surface area (Å²) in [5, 5.41) is 9.95. The Bertz CT molecular complexity index is 439. The van der Waals surface area contributed by atoms with E-state index in [1.54, 1.807) is 0 Å². The molecule has 0 aromatic heterocycles. The molecule has 19 heavy (non-hydrogen) atoms. The van der Waals surface area contributed by atoms with Gasteiger partial charge in [0.1, 0.15) is 0 Å². The van der Waals surface area contributed by atoms with E-state index in [0.717, 1.165) is 29.6 Å². The quantitative estimate of drug-likeness (QED) is 0.484. The highest BCUT2D eigenvalue weighted by Gasteiger charge is 2.30. The number of methoxy groups -OCH3 is 1. The van der Waals surface area contributed by atoms with Crippen LogP contribution < -0.4 is 0 Å². The Kier molecular flexibility index (Phi) is 5.12. The lowest BCUT2D eigenvalue weighted by Crippen LogP contribution is -2.27. The van der Waals surface area contributed by atoms with Gasteiger partial charge in [0, 0.05) is 6.08 Å². The SMILES string of the molecule is COC(=O)/C=C(C)/C=C/C1=C(C)C(O)CCC1(C)C. The van der Waals surface area contributed by atoms with Gasteiger partial charge in [-0.1, -0.05) is 26.0 Å². The van der Waals surface area contributed by atoms with E-state index < -0.39 is 0 Å². The zero-order chi connectivity index (χ0) is 14.6. The van der Waals surface area contributed by atoms with Crippen LogP contribution in [0.25, 0.3) is 0 Å². The molecule has 0 amide bonds. The molecule has 0 bridgehead atoms. The molecule has 106 valence electrons. The molecule has 0 heterocycles. The standard InChI is InChI=1S/C16H24O3/c1-11(10-15(18)19-5)6-7-13-12(2)14(17)8-9-16(13,3)4/h6-7,10,14,17H,8-9H2,1-5H3/b7-6+,11-10+. The van der Waals surface area contributed by atoms with Crippen molar-refractivity contribution in [2.45, 2.75) is 46.6 Å². The summed E-state index contributed by atoms with van der Waals surface area (Å²) < 4.78 is 4.59. The second kappa shape index (κ2) is 6.20. The summed E-state index contributed by atoms with van der Waals surface area (Å²) in [6.07, 6.45) is 6.79. The number of aliphatic hydroxyl groups is 1. The van der Waals surface area contributed by atoms with Crippen molar-refractivity contribution in [3.05, 3.63) is 34.9 Å². The van der Waals surface area contributed by atoms with E-state index in [1.807, 2.05) is 26.0 Å². The zero-order valence-electron chi connectivity index (χ0n) is 12.5. The minimum Gasteiger partial charge on any atom is -0.466 e. The Morgan fingerprint density at radius 1 is 1.47 bits per heavy atom. The summed E-state index contributed by atoms with van der Waals surface area (Å²) in [5.74, 6) is -0.351. The highest BCUT2D eigenvalue weighted by atomic mass is 16.5. The number of hydrogen-bond acceptors (Lipinski definition) is 3. The summed E-state index contributed by atoms with van der Waals surface area (Å²) in [6, 6.07) is 0. The fourth-order valence-electron chi connectivity index (χ4n) is 2.43. The lowest BCUT2D eigenvalue weighted by atomic mass is 9.71. The van der Waals surface area contributed by atoms with Gasteiger partial charge in [-0.15, -0.1) is 0 Å². The number of rotatable bonds is 3. The van der Waals surface area contributed by atoms with Gasteiger partial charge >= 0.3 is 5.97 Å². The number of carbonyl (C=O) groups is 1. The molecular formula is C16H24O3. The molecule has 0 saturated heterocycles. The van der Waals surface area contributed by atoms with Crippen LogP contribution in [0.4, 0.5) is 0 Å². The Hall–Kier alpha value is -1.35. The first kappa shape index (κ1) is 15.7. The van der Waals surface area contributed by atoms with Crippen molar-refractivity contribution < 1.29 is 14.6 Å². The first-order valence-corrected chi connectivity index (χ1v) is 6.61. The first-order valence-electron chi connectivity index (χ1n) is 6.61. The van der Waals surface area contributed by atoms with Crippen LogP contribution in [0.15, 0.2) is 34.9 Å². The van der Waals surface area contributed by atoms with Gasteiger partial charge in [-0.2, -0.15) is 0 Å². The fraction of sp³-hybridized carbons (Fsp3) is 0.562. The third-order valence-electron chi connectivity index (χ3n) is 3.76. The van der Waals surface area contributed by atoms with Crippen LogP contribution in [0.3, 0.4) is 0 Å². The molecule has 0 aliphatic heterocycles. The number of hydrogen-bond donors (Lipinski definition) is 1. The van der Waals surface area contributed by atoms with Gasteiger partial charge in [-0.3, -0.25) is 0 Å². The van der Waals surface area contributed by atoms with Crippen LogP contribution in [0.2, 0.25) is 0 Å². The number of carbonyl (C=O) groups excluding carboxylic acids is 1. The van der Waals surface area contributed by atoms with Crippen LogP contribution in [0.5, 0.6) is 0 Å². The number of ether oxygens (including phenoxy) is 1. The van der Waals surface area contributed by atoms with Gasteiger partial charge in [-0.05, 0) is 48.8 Å². The van der Waals surface area contributed by atoms with E-state index in [9.17, 15) is 9.90 Å². The predicted octanol–water partition coefficient (Wildman–Crippen LogP) is 3.16. The summed E-state index contributed by atoms with van der Waals surface area (Å²) >= 11 is 0. The van der Waals surface area contributed by atoms with Crippen molar-refractivity contribution in [2.24, 2.45) is 5.41 Å². The molecule has 1 atom stereocenters. The monoisotopic (exact) mass is 264 g/mol. The van der Waals surface area contributed by atoms with E-state index >= 15 is 0 Å². The molecule has 0 radical (unpaired) electrons. The van der Waals surface area contributed by atoms with Crippen molar-refractivity contribution in [1.29, 1.82) is 0 Å². The second-order valence-electron chi connectivity index (χ2n) is 5.78. The van der Waals surface area contributed by atoms with Gasteiger partial charge in [-0.25, -0.2) is 4.79 Å². The molecule has 1 aliphatic carbocycles. The van der Waals surface area contributed by atoms with Gasteiger partial charge in [0.15, 0.2) is 0 Å². The van der Waals surface area contributed by atoms with E-state index in [-0.39, 0.29) is 17.5 Å². The minimum atomic E-state index is -0.351. The topological polar surface area (TPSA) is 46.5 Å². The summed E-state index contributed by atoms with van der Waals surface area (Å²) in [6.45, 7) is 8.20. The normalized spacial score (nSPS) is 23.9. The highest BCUT2D eigenvalue weighted by Crippen LogP contribution is 2.40. The van der Waals surface area contributed by atoms with Crippen LogP contribution in [-0.4, -0.2) is 24.3 Å². The minimum absolute atomic E-state index is 0.0609. The van der Waals surface area contributed by atoms with Gasteiger partial charge in [0.25, 0.3) is 0 Å². The van der Waals surface area contributed by atoms with Gasteiger partial charge in [0.05, 0.1) is 13.2 Å². The van der Waals surface area contributed by atoms with Crippen LogP contribution in [-0.2, 0) is 9.53 Å². The van der Waals surface area contributed by atoms with Crippen molar-refractivity contribution in [3.8, 4) is 0 Å². The molecule has 0 spiro atoms. The Morgan fingerprint density at radius 3 is 2.68 bits per heavy atom. The maximum Gasteiger partial charge on any atom is 0.330 e. The molecule has 1 unspecified atom stereocenters. The van der Waals surface area contributed by atoms with Crippen LogP contribution >= 0.6 is 0 Å². The number of aliphatic hydroxyl groups excluding tert-OH is 1. The van der Waals surface area contributed by atoms with Crippen molar-refractivity contribution >= 4 is 5.97 Å². The number of esters is 1. The third-order valence-corrected chi connectivity index (χ3v) is 3.76. The van der Waals surface area contributed by atoms with Crippen molar-refractivity contribution in [3.63, 3.8) is 0 Å². The molecule has 3 nitrogen and oxygen atoms in total. The maximum absolute atomic E-state index is 11.1.